The third kappa shape index (κ3) is 4.43. The van der Waals surface area contributed by atoms with Gasteiger partial charge in [0.2, 0.25) is 5.91 Å². The van der Waals surface area contributed by atoms with Crippen LogP contribution >= 0.6 is 0 Å². The van der Waals surface area contributed by atoms with Crippen LogP contribution in [0.25, 0.3) is 0 Å². The highest BCUT2D eigenvalue weighted by Gasteiger charge is 2.39. The minimum atomic E-state index is -4.50. The predicted molar refractivity (Wildman–Crippen MR) is 88.4 cm³/mol. The fourth-order valence-corrected chi connectivity index (χ4v) is 3.01. The summed E-state index contributed by atoms with van der Waals surface area (Å²) in [5.41, 5.74) is 0.836. The molecule has 0 unspecified atom stereocenters. The van der Waals surface area contributed by atoms with Crippen molar-refractivity contribution in [1.29, 1.82) is 0 Å². The Hall–Kier alpha value is -2.35. The number of alkyl halides is 3. The quantitative estimate of drug-likeness (QED) is 0.854. The summed E-state index contributed by atoms with van der Waals surface area (Å²) in [5.74, 6) is -0.130. The van der Waals surface area contributed by atoms with Crippen molar-refractivity contribution < 1.29 is 22.7 Å². The second-order valence-electron chi connectivity index (χ2n) is 6.13. The number of fused-ring (bicyclic) bond motifs is 1. The van der Waals surface area contributed by atoms with E-state index in [1.807, 2.05) is 30.3 Å². The smallest absolute Gasteiger partial charge is 0.376 e. The van der Waals surface area contributed by atoms with Crippen LogP contribution in [0.1, 0.15) is 28.9 Å². The van der Waals surface area contributed by atoms with Gasteiger partial charge in [-0.3, -0.25) is 9.48 Å². The Kier molecular flexibility index (Phi) is 5.61. The van der Waals surface area contributed by atoms with Crippen molar-refractivity contribution >= 4 is 5.91 Å². The number of benzene rings is 1. The molecule has 5 nitrogen and oxygen atoms in total. The SMILES string of the molecule is O=C(CCc1ccccc1)NCCn1nc(C(F)(F)F)c2c1CCOC2. The van der Waals surface area contributed by atoms with Crippen molar-refractivity contribution in [2.24, 2.45) is 0 Å². The van der Waals surface area contributed by atoms with E-state index in [2.05, 4.69) is 10.4 Å². The number of nitrogens with one attached hydrogen (secondary N) is 1. The third-order valence-corrected chi connectivity index (χ3v) is 4.29. The van der Waals surface area contributed by atoms with Gasteiger partial charge in [0.05, 0.1) is 19.8 Å². The molecule has 0 radical (unpaired) electrons. The monoisotopic (exact) mass is 367 g/mol. The fraction of sp³-hybridized carbons (Fsp3) is 0.444. The third-order valence-electron chi connectivity index (χ3n) is 4.29. The van der Waals surface area contributed by atoms with Gasteiger partial charge in [-0.1, -0.05) is 30.3 Å². The molecule has 0 atom stereocenters. The fourth-order valence-electron chi connectivity index (χ4n) is 3.01. The van der Waals surface area contributed by atoms with Crippen molar-refractivity contribution in [2.45, 2.75) is 38.6 Å². The molecule has 3 rings (SSSR count). The molecule has 0 spiro atoms. The topological polar surface area (TPSA) is 56.2 Å². The molecule has 1 aromatic heterocycles. The lowest BCUT2D eigenvalue weighted by Crippen LogP contribution is -2.28. The molecule has 0 saturated carbocycles. The summed E-state index contributed by atoms with van der Waals surface area (Å²) in [5, 5.41) is 6.46. The van der Waals surface area contributed by atoms with Crippen LogP contribution in [0.2, 0.25) is 0 Å². The number of amides is 1. The zero-order valence-corrected chi connectivity index (χ0v) is 14.2. The zero-order valence-electron chi connectivity index (χ0n) is 14.2. The second kappa shape index (κ2) is 7.90. The van der Waals surface area contributed by atoms with E-state index in [1.165, 1.54) is 4.68 Å². The molecular formula is C18H20F3N3O2. The first-order valence-electron chi connectivity index (χ1n) is 8.49. The minimum absolute atomic E-state index is 0.0758. The van der Waals surface area contributed by atoms with Gasteiger partial charge in [-0.15, -0.1) is 0 Å². The summed E-state index contributed by atoms with van der Waals surface area (Å²) >= 11 is 0. The summed E-state index contributed by atoms with van der Waals surface area (Å²) in [7, 11) is 0. The number of carbonyl (C=O) groups excluding carboxylic acids is 1. The van der Waals surface area contributed by atoms with Crippen LogP contribution < -0.4 is 5.32 Å². The molecule has 2 heterocycles. The lowest BCUT2D eigenvalue weighted by molar-refractivity contribution is -0.142. The van der Waals surface area contributed by atoms with Gasteiger partial charge >= 0.3 is 6.18 Å². The van der Waals surface area contributed by atoms with Crippen LogP contribution in [0.4, 0.5) is 13.2 Å². The number of halogens is 3. The maximum atomic E-state index is 13.1. The van der Waals surface area contributed by atoms with Gasteiger partial charge in [0.25, 0.3) is 0 Å². The zero-order chi connectivity index (χ0) is 18.6. The number of hydrogen-bond donors (Lipinski definition) is 1. The molecule has 0 aliphatic carbocycles. The Balaban J connectivity index is 1.55. The van der Waals surface area contributed by atoms with Gasteiger partial charge in [0, 0.05) is 30.6 Å². The number of carbonyl (C=O) groups is 1. The molecule has 1 aliphatic rings. The maximum Gasteiger partial charge on any atom is 0.435 e. The van der Waals surface area contributed by atoms with Crippen molar-refractivity contribution in [3.63, 3.8) is 0 Å². The van der Waals surface area contributed by atoms with Crippen LogP contribution in [0.15, 0.2) is 30.3 Å². The van der Waals surface area contributed by atoms with Crippen molar-refractivity contribution in [1.82, 2.24) is 15.1 Å². The van der Waals surface area contributed by atoms with E-state index in [-0.39, 0.29) is 31.2 Å². The highest BCUT2D eigenvalue weighted by Crippen LogP contribution is 2.34. The van der Waals surface area contributed by atoms with E-state index in [0.29, 0.717) is 31.6 Å². The van der Waals surface area contributed by atoms with E-state index < -0.39 is 11.9 Å². The molecule has 0 bridgehead atoms. The molecular weight excluding hydrogens is 347 g/mol. The Bertz CT molecular complexity index is 757. The first-order chi connectivity index (χ1) is 12.4. The van der Waals surface area contributed by atoms with Crippen LogP contribution in [-0.4, -0.2) is 28.8 Å². The Morgan fingerprint density at radius 1 is 1.27 bits per heavy atom. The van der Waals surface area contributed by atoms with Crippen molar-refractivity contribution in [3.05, 3.63) is 52.8 Å². The summed E-state index contributed by atoms with van der Waals surface area (Å²) < 4.78 is 45.8. The van der Waals surface area contributed by atoms with Crippen LogP contribution in [0.3, 0.4) is 0 Å². The van der Waals surface area contributed by atoms with Crippen LogP contribution in [0.5, 0.6) is 0 Å². The largest absolute Gasteiger partial charge is 0.435 e. The standard InChI is InChI=1S/C18H20F3N3O2/c19-18(20,21)17-14-12-26-11-8-15(14)24(23-17)10-9-22-16(25)7-6-13-4-2-1-3-5-13/h1-5H,6-12H2,(H,22,25). The number of ether oxygens (including phenoxy) is 1. The lowest BCUT2D eigenvalue weighted by Gasteiger charge is -2.15. The van der Waals surface area contributed by atoms with Crippen molar-refractivity contribution in [2.75, 3.05) is 13.2 Å². The minimum Gasteiger partial charge on any atom is -0.376 e. The molecule has 1 amide bonds. The van der Waals surface area contributed by atoms with Gasteiger partial charge in [-0.2, -0.15) is 18.3 Å². The van der Waals surface area contributed by atoms with E-state index in [0.717, 1.165) is 5.56 Å². The van der Waals surface area contributed by atoms with Gasteiger partial charge in [0.1, 0.15) is 0 Å². The van der Waals surface area contributed by atoms with Crippen LogP contribution in [0, 0.1) is 0 Å². The second-order valence-corrected chi connectivity index (χ2v) is 6.13. The molecule has 26 heavy (non-hydrogen) atoms. The van der Waals surface area contributed by atoms with Gasteiger partial charge in [-0.05, 0) is 12.0 Å². The molecule has 0 saturated heterocycles. The summed E-state index contributed by atoms with van der Waals surface area (Å²) in [6, 6.07) is 9.63. The summed E-state index contributed by atoms with van der Waals surface area (Å²) in [6.07, 6.45) is -3.16. The summed E-state index contributed by atoms with van der Waals surface area (Å²) in [4.78, 5) is 11.9. The first kappa shape index (κ1) is 18.4. The lowest BCUT2D eigenvalue weighted by atomic mass is 10.1. The number of hydrogen-bond acceptors (Lipinski definition) is 3. The molecule has 8 heteroatoms. The van der Waals surface area contributed by atoms with E-state index in [4.69, 9.17) is 4.74 Å². The number of nitrogens with zero attached hydrogens (tertiary/aromatic N) is 2. The highest BCUT2D eigenvalue weighted by atomic mass is 19.4. The average molecular weight is 367 g/mol. The van der Waals surface area contributed by atoms with Gasteiger partial charge in [0.15, 0.2) is 5.69 Å². The Morgan fingerprint density at radius 3 is 2.77 bits per heavy atom. The van der Waals surface area contributed by atoms with E-state index in [1.54, 1.807) is 0 Å². The molecule has 1 N–H and O–H groups in total. The van der Waals surface area contributed by atoms with Gasteiger partial charge < -0.3 is 10.1 Å². The van der Waals surface area contributed by atoms with Gasteiger partial charge in [-0.25, -0.2) is 0 Å². The summed E-state index contributed by atoms with van der Waals surface area (Å²) in [6.45, 7) is 0.739. The van der Waals surface area contributed by atoms with Crippen LogP contribution in [-0.2, 0) is 41.7 Å². The first-order valence-corrected chi connectivity index (χ1v) is 8.49. The molecule has 1 aliphatic heterocycles. The average Bonchev–Trinajstić information content (AvgIpc) is 3.00. The Labute approximate surface area is 149 Å². The van der Waals surface area contributed by atoms with E-state index >= 15 is 0 Å². The number of aryl methyl sites for hydroxylation is 1. The van der Waals surface area contributed by atoms with Crippen molar-refractivity contribution in [3.8, 4) is 0 Å². The molecule has 2 aromatic rings. The normalized spacial score (nSPS) is 14.1. The van der Waals surface area contributed by atoms with E-state index in [9.17, 15) is 18.0 Å². The number of aromatic nitrogens is 2. The molecule has 0 fully saturated rings. The molecule has 1 aromatic carbocycles. The Morgan fingerprint density at radius 2 is 2.04 bits per heavy atom. The molecule has 140 valence electrons. The predicted octanol–water partition coefficient (Wildman–Crippen LogP) is 2.72. The maximum absolute atomic E-state index is 13.1. The number of rotatable bonds is 6. The highest BCUT2D eigenvalue weighted by molar-refractivity contribution is 5.76.